The first-order chi connectivity index (χ1) is 14.7. The van der Waals surface area contributed by atoms with Crippen LogP contribution in [0.3, 0.4) is 0 Å². The van der Waals surface area contributed by atoms with Crippen LogP contribution in [0.15, 0.2) is 41.3 Å². The number of aryl methyl sites for hydroxylation is 1. The Labute approximate surface area is 176 Å². The molecule has 0 atom stereocenters. The Bertz CT molecular complexity index is 1110. The summed E-state index contributed by atoms with van der Waals surface area (Å²) < 4.78 is 1.89. The van der Waals surface area contributed by atoms with Crippen molar-refractivity contribution in [1.29, 1.82) is 0 Å². The van der Waals surface area contributed by atoms with Gasteiger partial charge in [-0.1, -0.05) is 25.0 Å². The maximum absolute atomic E-state index is 12.8. The van der Waals surface area contributed by atoms with E-state index in [9.17, 15) is 4.79 Å². The quantitative estimate of drug-likeness (QED) is 0.695. The first-order valence-corrected chi connectivity index (χ1v) is 10.9. The fraction of sp³-hybridized carbons (Fsp3) is 0.435. The van der Waals surface area contributed by atoms with Crippen molar-refractivity contribution in [3.63, 3.8) is 0 Å². The molecule has 7 nitrogen and oxygen atoms in total. The molecular weight excluding hydrogens is 376 g/mol. The summed E-state index contributed by atoms with van der Waals surface area (Å²) in [6.45, 7) is 5.86. The molecule has 0 unspecified atom stereocenters. The molecule has 1 aromatic carbocycles. The minimum Gasteiger partial charge on any atom is -0.367 e. The standard InChI is InChI=1S/C23H28N6O/c1-16-14-21(30)29(17-6-2-3-7-17)22-18(16)15-25-23(27-22)26-19-8-4-5-9-20(19)28-12-10-24-11-13-28/h4-5,8-9,14-15,17,24H,2-3,6-7,10-13H2,1H3,(H,25,26,27). The van der Waals surface area contributed by atoms with Crippen LogP contribution in [0.2, 0.25) is 0 Å². The highest BCUT2D eigenvalue weighted by molar-refractivity contribution is 5.80. The summed E-state index contributed by atoms with van der Waals surface area (Å²) in [6, 6.07) is 10.2. The molecule has 0 amide bonds. The predicted molar refractivity (Wildman–Crippen MR) is 121 cm³/mol. The highest BCUT2D eigenvalue weighted by atomic mass is 16.1. The van der Waals surface area contributed by atoms with E-state index in [0.29, 0.717) is 5.95 Å². The van der Waals surface area contributed by atoms with Gasteiger partial charge in [-0.2, -0.15) is 4.98 Å². The van der Waals surface area contributed by atoms with E-state index in [4.69, 9.17) is 4.98 Å². The molecule has 2 N–H and O–H groups in total. The molecule has 0 bridgehead atoms. The molecule has 1 aliphatic carbocycles. The van der Waals surface area contributed by atoms with E-state index in [0.717, 1.165) is 67.0 Å². The molecule has 2 aliphatic rings. The minimum absolute atomic E-state index is 0.0396. The molecule has 156 valence electrons. The largest absolute Gasteiger partial charge is 0.367 e. The third-order valence-corrected chi connectivity index (χ3v) is 6.30. The number of hydrogen-bond acceptors (Lipinski definition) is 6. The zero-order valence-corrected chi connectivity index (χ0v) is 17.4. The molecule has 1 saturated heterocycles. The number of anilines is 3. The van der Waals surface area contributed by atoms with Gasteiger partial charge in [-0.25, -0.2) is 4.98 Å². The van der Waals surface area contributed by atoms with Gasteiger partial charge >= 0.3 is 0 Å². The van der Waals surface area contributed by atoms with E-state index in [1.54, 1.807) is 6.07 Å². The number of rotatable bonds is 4. The second-order valence-corrected chi connectivity index (χ2v) is 8.28. The van der Waals surface area contributed by atoms with E-state index in [-0.39, 0.29) is 11.6 Å². The van der Waals surface area contributed by atoms with Gasteiger partial charge in [0.25, 0.3) is 5.56 Å². The van der Waals surface area contributed by atoms with E-state index in [1.807, 2.05) is 23.8 Å². The normalized spacial score (nSPS) is 17.6. The van der Waals surface area contributed by atoms with Crippen LogP contribution in [0.5, 0.6) is 0 Å². The van der Waals surface area contributed by atoms with Crippen molar-refractivity contribution in [2.75, 3.05) is 36.4 Å². The van der Waals surface area contributed by atoms with Gasteiger partial charge < -0.3 is 15.5 Å². The van der Waals surface area contributed by atoms with Gasteiger partial charge in [-0.05, 0) is 37.5 Å². The van der Waals surface area contributed by atoms with Gasteiger partial charge in [-0.3, -0.25) is 9.36 Å². The molecule has 1 saturated carbocycles. The Morgan fingerprint density at radius 3 is 2.70 bits per heavy atom. The molecule has 30 heavy (non-hydrogen) atoms. The number of para-hydroxylation sites is 2. The number of hydrogen-bond donors (Lipinski definition) is 2. The van der Waals surface area contributed by atoms with Crippen LogP contribution in [0.25, 0.3) is 11.0 Å². The third-order valence-electron chi connectivity index (χ3n) is 6.30. The Hall–Kier alpha value is -2.93. The Morgan fingerprint density at radius 2 is 1.90 bits per heavy atom. The lowest BCUT2D eigenvalue weighted by Crippen LogP contribution is -2.43. The van der Waals surface area contributed by atoms with Crippen LogP contribution >= 0.6 is 0 Å². The van der Waals surface area contributed by atoms with E-state index >= 15 is 0 Å². The summed E-state index contributed by atoms with van der Waals surface area (Å²) in [5, 5.41) is 7.76. The number of fused-ring (bicyclic) bond motifs is 1. The molecular formula is C23H28N6O. The average Bonchev–Trinajstić information content (AvgIpc) is 3.29. The Kier molecular flexibility index (Phi) is 5.12. The van der Waals surface area contributed by atoms with E-state index in [1.165, 1.54) is 12.8 Å². The number of aromatic nitrogens is 3. The predicted octanol–water partition coefficient (Wildman–Crippen LogP) is 3.37. The number of nitrogens with zero attached hydrogens (tertiary/aromatic N) is 4. The number of pyridine rings is 1. The van der Waals surface area contributed by atoms with Crippen LogP contribution < -0.4 is 21.1 Å². The maximum Gasteiger partial charge on any atom is 0.252 e. The van der Waals surface area contributed by atoms with Crippen molar-refractivity contribution in [3.05, 3.63) is 52.4 Å². The lowest BCUT2D eigenvalue weighted by Gasteiger charge is -2.31. The topological polar surface area (TPSA) is 75.1 Å². The average molecular weight is 405 g/mol. The second kappa shape index (κ2) is 8.07. The summed E-state index contributed by atoms with van der Waals surface area (Å²) in [6.07, 6.45) is 6.26. The summed E-state index contributed by atoms with van der Waals surface area (Å²) >= 11 is 0. The summed E-state index contributed by atoms with van der Waals surface area (Å²) in [4.78, 5) is 24.6. The van der Waals surface area contributed by atoms with Crippen LogP contribution in [0, 0.1) is 6.92 Å². The highest BCUT2D eigenvalue weighted by Crippen LogP contribution is 2.32. The zero-order valence-electron chi connectivity index (χ0n) is 17.4. The van der Waals surface area contributed by atoms with Gasteiger partial charge in [0, 0.05) is 49.9 Å². The monoisotopic (exact) mass is 404 g/mol. The van der Waals surface area contributed by atoms with Gasteiger partial charge in [0.05, 0.1) is 11.4 Å². The van der Waals surface area contributed by atoms with E-state index in [2.05, 4.69) is 38.7 Å². The molecule has 3 heterocycles. The summed E-state index contributed by atoms with van der Waals surface area (Å²) in [7, 11) is 0. The molecule has 0 spiro atoms. The lowest BCUT2D eigenvalue weighted by atomic mass is 10.1. The first kappa shape index (κ1) is 19.1. The van der Waals surface area contributed by atoms with Crippen LogP contribution in [0.4, 0.5) is 17.3 Å². The second-order valence-electron chi connectivity index (χ2n) is 8.28. The number of nitrogens with one attached hydrogen (secondary N) is 2. The summed E-state index contributed by atoms with van der Waals surface area (Å²) in [5.74, 6) is 0.529. The number of benzene rings is 1. The van der Waals surface area contributed by atoms with Crippen molar-refractivity contribution in [2.45, 2.75) is 38.6 Å². The number of piperazine rings is 1. The fourth-order valence-corrected chi connectivity index (χ4v) is 4.73. The molecule has 3 aromatic rings. The zero-order chi connectivity index (χ0) is 20.5. The van der Waals surface area contributed by atoms with E-state index < -0.39 is 0 Å². The molecule has 2 aromatic heterocycles. The molecule has 2 fully saturated rings. The smallest absolute Gasteiger partial charge is 0.252 e. The molecule has 0 radical (unpaired) electrons. The van der Waals surface area contributed by atoms with Crippen LogP contribution in [-0.4, -0.2) is 40.7 Å². The van der Waals surface area contributed by atoms with Crippen molar-refractivity contribution >= 4 is 28.4 Å². The highest BCUT2D eigenvalue weighted by Gasteiger charge is 2.22. The van der Waals surface area contributed by atoms with Gasteiger partial charge in [0.1, 0.15) is 5.65 Å². The van der Waals surface area contributed by atoms with Crippen molar-refractivity contribution in [2.24, 2.45) is 0 Å². The van der Waals surface area contributed by atoms with Gasteiger partial charge in [0.2, 0.25) is 5.95 Å². The van der Waals surface area contributed by atoms with Crippen molar-refractivity contribution < 1.29 is 0 Å². The fourth-order valence-electron chi connectivity index (χ4n) is 4.73. The molecule has 7 heteroatoms. The third kappa shape index (κ3) is 3.54. The molecule has 5 rings (SSSR count). The van der Waals surface area contributed by atoms with Crippen LogP contribution in [-0.2, 0) is 0 Å². The van der Waals surface area contributed by atoms with Crippen molar-refractivity contribution in [3.8, 4) is 0 Å². The van der Waals surface area contributed by atoms with Crippen LogP contribution in [0.1, 0.15) is 37.3 Å². The Balaban J connectivity index is 1.55. The minimum atomic E-state index is 0.0396. The molecule has 1 aliphatic heterocycles. The van der Waals surface area contributed by atoms with Gasteiger partial charge in [-0.15, -0.1) is 0 Å². The van der Waals surface area contributed by atoms with Crippen molar-refractivity contribution in [1.82, 2.24) is 19.9 Å². The summed E-state index contributed by atoms with van der Waals surface area (Å²) in [5.41, 5.74) is 3.85. The SMILES string of the molecule is Cc1cc(=O)n(C2CCCC2)c2nc(Nc3ccccc3N3CCNCC3)ncc12. The van der Waals surface area contributed by atoms with Gasteiger partial charge in [0.15, 0.2) is 0 Å². The maximum atomic E-state index is 12.8. The lowest BCUT2D eigenvalue weighted by molar-refractivity contribution is 0.515. The first-order valence-electron chi connectivity index (χ1n) is 10.9. The Morgan fingerprint density at radius 1 is 1.13 bits per heavy atom.